The normalized spacial score (nSPS) is 12.1. The Bertz CT molecular complexity index is 537. The SMILES string of the molecule is CCC(NC(=O)c1ccc(CSC)cc1)c1ncc[nH]1. The molecule has 20 heavy (non-hydrogen) atoms. The Balaban J connectivity index is 2.03. The van der Waals surface area contributed by atoms with E-state index in [-0.39, 0.29) is 11.9 Å². The summed E-state index contributed by atoms with van der Waals surface area (Å²) in [6.45, 7) is 2.02. The molecule has 0 fully saturated rings. The van der Waals surface area contributed by atoms with Crippen LogP contribution in [-0.4, -0.2) is 22.1 Å². The minimum absolute atomic E-state index is 0.0658. The van der Waals surface area contributed by atoms with Crippen LogP contribution in [0.4, 0.5) is 0 Å². The number of hydrogen-bond donors (Lipinski definition) is 2. The number of carbonyl (C=O) groups excluding carboxylic acids is 1. The van der Waals surface area contributed by atoms with E-state index in [2.05, 4.69) is 21.5 Å². The van der Waals surface area contributed by atoms with Crippen LogP contribution < -0.4 is 5.32 Å². The van der Waals surface area contributed by atoms with E-state index in [1.807, 2.05) is 31.2 Å². The standard InChI is InChI=1S/C15H19N3OS/c1-3-13(14-16-8-9-17-14)18-15(19)12-6-4-11(5-7-12)10-20-2/h4-9,13H,3,10H2,1-2H3,(H,16,17)(H,18,19). The molecular weight excluding hydrogens is 270 g/mol. The van der Waals surface area contributed by atoms with Crippen molar-refractivity contribution in [2.75, 3.05) is 6.26 Å². The Morgan fingerprint density at radius 1 is 1.40 bits per heavy atom. The topological polar surface area (TPSA) is 57.8 Å². The minimum Gasteiger partial charge on any atom is -0.347 e. The zero-order chi connectivity index (χ0) is 14.4. The molecule has 1 aromatic heterocycles. The van der Waals surface area contributed by atoms with Gasteiger partial charge in [0.15, 0.2) is 0 Å². The van der Waals surface area contributed by atoms with Gasteiger partial charge in [0.05, 0.1) is 6.04 Å². The molecule has 5 heteroatoms. The van der Waals surface area contributed by atoms with Crippen LogP contribution in [0, 0.1) is 0 Å². The third-order valence-electron chi connectivity index (χ3n) is 3.09. The maximum Gasteiger partial charge on any atom is 0.251 e. The number of rotatable bonds is 6. The molecule has 2 rings (SSSR count). The Kier molecular flexibility index (Phi) is 5.24. The second-order valence-corrected chi connectivity index (χ2v) is 5.40. The van der Waals surface area contributed by atoms with Gasteiger partial charge >= 0.3 is 0 Å². The lowest BCUT2D eigenvalue weighted by molar-refractivity contribution is 0.0934. The van der Waals surface area contributed by atoms with E-state index in [9.17, 15) is 4.79 Å². The number of benzene rings is 1. The first-order valence-electron chi connectivity index (χ1n) is 6.62. The number of H-pyrrole nitrogens is 1. The van der Waals surface area contributed by atoms with Crippen LogP contribution in [0.2, 0.25) is 0 Å². The van der Waals surface area contributed by atoms with Gasteiger partial charge in [0.1, 0.15) is 5.82 Å². The molecule has 1 amide bonds. The average Bonchev–Trinajstić information content (AvgIpc) is 2.99. The highest BCUT2D eigenvalue weighted by atomic mass is 32.2. The summed E-state index contributed by atoms with van der Waals surface area (Å²) in [5.41, 5.74) is 1.91. The van der Waals surface area contributed by atoms with Gasteiger partial charge in [0.2, 0.25) is 0 Å². The third-order valence-corrected chi connectivity index (χ3v) is 3.71. The molecule has 0 spiro atoms. The highest BCUT2D eigenvalue weighted by Crippen LogP contribution is 2.14. The summed E-state index contributed by atoms with van der Waals surface area (Å²) < 4.78 is 0. The van der Waals surface area contributed by atoms with Gasteiger partial charge in [-0.05, 0) is 30.4 Å². The molecule has 106 valence electrons. The zero-order valence-corrected chi connectivity index (χ0v) is 12.5. The van der Waals surface area contributed by atoms with Gasteiger partial charge in [-0.1, -0.05) is 19.1 Å². The van der Waals surface area contributed by atoms with Gasteiger partial charge < -0.3 is 10.3 Å². The van der Waals surface area contributed by atoms with Crippen molar-refractivity contribution in [3.63, 3.8) is 0 Å². The quantitative estimate of drug-likeness (QED) is 0.859. The lowest BCUT2D eigenvalue weighted by Gasteiger charge is -2.14. The number of carbonyl (C=O) groups is 1. The summed E-state index contributed by atoms with van der Waals surface area (Å²) >= 11 is 1.77. The van der Waals surface area contributed by atoms with Gasteiger partial charge in [0, 0.05) is 23.7 Å². The van der Waals surface area contributed by atoms with Crippen molar-refractivity contribution in [2.24, 2.45) is 0 Å². The van der Waals surface area contributed by atoms with Crippen LogP contribution in [0.1, 0.15) is 41.1 Å². The van der Waals surface area contributed by atoms with Crippen molar-refractivity contribution < 1.29 is 4.79 Å². The van der Waals surface area contributed by atoms with Crippen molar-refractivity contribution in [3.05, 3.63) is 53.6 Å². The molecule has 0 saturated heterocycles. The van der Waals surface area contributed by atoms with Gasteiger partial charge in [0.25, 0.3) is 5.91 Å². The van der Waals surface area contributed by atoms with Crippen molar-refractivity contribution in [2.45, 2.75) is 25.1 Å². The minimum atomic E-state index is -0.0802. The van der Waals surface area contributed by atoms with Crippen LogP contribution in [0.5, 0.6) is 0 Å². The van der Waals surface area contributed by atoms with Crippen molar-refractivity contribution in [3.8, 4) is 0 Å². The van der Waals surface area contributed by atoms with E-state index < -0.39 is 0 Å². The average molecular weight is 289 g/mol. The van der Waals surface area contributed by atoms with Crippen LogP contribution in [0.25, 0.3) is 0 Å². The van der Waals surface area contributed by atoms with Crippen LogP contribution >= 0.6 is 11.8 Å². The van der Waals surface area contributed by atoms with Gasteiger partial charge in [-0.3, -0.25) is 4.79 Å². The molecule has 0 aliphatic heterocycles. The number of nitrogens with one attached hydrogen (secondary N) is 2. The van der Waals surface area contributed by atoms with E-state index in [4.69, 9.17) is 0 Å². The summed E-state index contributed by atoms with van der Waals surface area (Å²) in [5, 5.41) is 3.00. The molecule has 0 bridgehead atoms. The van der Waals surface area contributed by atoms with Gasteiger partial charge in [-0.25, -0.2) is 4.98 Å². The Labute approximate surface area is 123 Å². The molecule has 1 aromatic carbocycles. The molecular formula is C15H19N3OS. The number of amides is 1. The number of aromatic amines is 1. The van der Waals surface area contributed by atoms with Gasteiger partial charge in [-0.2, -0.15) is 11.8 Å². The lowest BCUT2D eigenvalue weighted by atomic mass is 10.1. The van der Waals surface area contributed by atoms with E-state index in [0.29, 0.717) is 5.56 Å². The first-order chi connectivity index (χ1) is 9.74. The maximum absolute atomic E-state index is 12.2. The van der Waals surface area contributed by atoms with Crippen molar-refractivity contribution >= 4 is 17.7 Å². The highest BCUT2D eigenvalue weighted by Gasteiger charge is 2.15. The Hall–Kier alpha value is -1.75. The fourth-order valence-corrected chi connectivity index (χ4v) is 2.52. The summed E-state index contributed by atoms with van der Waals surface area (Å²) in [7, 11) is 0. The van der Waals surface area contributed by atoms with E-state index in [1.165, 1.54) is 5.56 Å². The van der Waals surface area contributed by atoms with E-state index >= 15 is 0 Å². The molecule has 4 nitrogen and oxygen atoms in total. The summed E-state index contributed by atoms with van der Waals surface area (Å²) in [5.74, 6) is 1.69. The van der Waals surface area contributed by atoms with Crippen LogP contribution in [0.3, 0.4) is 0 Å². The first kappa shape index (κ1) is 14.7. The zero-order valence-electron chi connectivity index (χ0n) is 11.7. The summed E-state index contributed by atoms with van der Waals surface area (Å²) in [6.07, 6.45) is 6.32. The predicted molar refractivity (Wildman–Crippen MR) is 82.7 cm³/mol. The van der Waals surface area contributed by atoms with Gasteiger partial charge in [-0.15, -0.1) is 0 Å². The molecule has 0 aliphatic carbocycles. The molecule has 2 aromatic rings. The van der Waals surface area contributed by atoms with E-state index in [0.717, 1.165) is 18.0 Å². The van der Waals surface area contributed by atoms with Crippen LogP contribution in [0.15, 0.2) is 36.7 Å². The summed E-state index contributed by atoms with van der Waals surface area (Å²) in [6, 6.07) is 7.66. The molecule has 0 saturated carbocycles. The largest absolute Gasteiger partial charge is 0.347 e. The molecule has 1 atom stereocenters. The Morgan fingerprint density at radius 2 is 2.15 bits per heavy atom. The second kappa shape index (κ2) is 7.14. The maximum atomic E-state index is 12.2. The molecule has 1 unspecified atom stereocenters. The number of nitrogens with zero attached hydrogens (tertiary/aromatic N) is 1. The third kappa shape index (κ3) is 3.63. The number of aromatic nitrogens is 2. The highest BCUT2D eigenvalue weighted by molar-refractivity contribution is 7.97. The van der Waals surface area contributed by atoms with Crippen LogP contribution in [-0.2, 0) is 5.75 Å². The first-order valence-corrected chi connectivity index (χ1v) is 8.02. The molecule has 1 heterocycles. The van der Waals surface area contributed by atoms with E-state index in [1.54, 1.807) is 24.2 Å². The fourth-order valence-electron chi connectivity index (χ4n) is 1.99. The molecule has 0 radical (unpaired) electrons. The van der Waals surface area contributed by atoms with Crippen molar-refractivity contribution in [1.29, 1.82) is 0 Å². The predicted octanol–water partition coefficient (Wildman–Crippen LogP) is 3.15. The number of hydrogen-bond acceptors (Lipinski definition) is 3. The summed E-state index contributed by atoms with van der Waals surface area (Å²) in [4.78, 5) is 19.5. The monoisotopic (exact) mass is 289 g/mol. The molecule has 0 aliphatic rings. The second-order valence-electron chi connectivity index (χ2n) is 4.54. The smallest absolute Gasteiger partial charge is 0.251 e. The molecule has 2 N–H and O–H groups in total. The number of thioether (sulfide) groups is 1. The number of imidazole rings is 1. The fraction of sp³-hybridized carbons (Fsp3) is 0.333. The van der Waals surface area contributed by atoms with Crippen molar-refractivity contribution in [1.82, 2.24) is 15.3 Å². The Morgan fingerprint density at radius 3 is 2.70 bits per heavy atom. The lowest BCUT2D eigenvalue weighted by Crippen LogP contribution is -2.28.